The van der Waals surface area contributed by atoms with Gasteiger partial charge in [-0.1, -0.05) is 44.7 Å². The van der Waals surface area contributed by atoms with Crippen LogP contribution in [-0.4, -0.2) is 15.7 Å². The van der Waals surface area contributed by atoms with Crippen molar-refractivity contribution in [2.75, 3.05) is 0 Å². The van der Waals surface area contributed by atoms with Crippen molar-refractivity contribution in [2.24, 2.45) is 28.6 Å². The second-order valence-corrected chi connectivity index (χ2v) is 8.11. The van der Waals surface area contributed by atoms with E-state index in [0.29, 0.717) is 5.92 Å². The molecule has 3 rings (SSSR count). The summed E-state index contributed by atoms with van der Waals surface area (Å²) in [4.78, 5) is 0. The van der Waals surface area contributed by atoms with Gasteiger partial charge in [-0.25, -0.2) is 0 Å². The molecule has 1 spiro atoms. The lowest BCUT2D eigenvalue weighted by atomic mass is 9.35. The fraction of sp³-hybridized carbons (Fsp3) is 1.00. The molecule has 0 aromatic heterocycles. The monoisotopic (exact) mass is 240 g/mol. The Bertz CT molecular complexity index is 347. The van der Waals surface area contributed by atoms with Gasteiger partial charge < -0.3 is 0 Å². The molecule has 3 fully saturated rings. The zero-order valence-electron chi connectivity index (χ0n) is 12.3. The van der Waals surface area contributed by atoms with Crippen molar-refractivity contribution >= 4 is 15.7 Å². The van der Waals surface area contributed by atoms with Crippen molar-refractivity contribution in [1.82, 2.24) is 0 Å². The lowest BCUT2D eigenvalue weighted by Gasteiger charge is -2.55. The van der Waals surface area contributed by atoms with Crippen LogP contribution >= 0.6 is 0 Å². The van der Waals surface area contributed by atoms with Crippen molar-refractivity contribution in [3.63, 3.8) is 0 Å². The summed E-state index contributed by atoms with van der Waals surface area (Å²) in [6.45, 7) is 6.76. The normalized spacial score (nSPS) is 42.7. The Labute approximate surface area is 115 Å². The Balaban J connectivity index is 1.70. The zero-order chi connectivity index (χ0) is 13.2. The van der Waals surface area contributed by atoms with E-state index < -0.39 is 5.21 Å². The quantitative estimate of drug-likeness (QED) is 0.649. The minimum absolute atomic E-state index is 0.0591. The first-order valence-corrected chi connectivity index (χ1v) is 7.91. The molecule has 0 aromatic rings. The van der Waals surface area contributed by atoms with Crippen LogP contribution in [0.3, 0.4) is 0 Å². The van der Waals surface area contributed by atoms with E-state index in [0.717, 1.165) is 23.7 Å². The molecule has 3 aliphatic rings. The average molecular weight is 240 g/mol. The van der Waals surface area contributed by atoms with E-state index in [4.69, 9.17) is 15.7 Å². The third-order valence-electron chi connectivity index (χ3n) is 6.91. The van der Waals surface area contributed by atoms with E-state index in [9.17, 15) is 0 Å². The summed E-state index contributed by atoms with van der Waals surface area (Å²) >= 11 is 0. The lowest BCUT2D eigenvalue weighted by Crippen LogP contribution is -2.45. The highest BCUT2D eigenvalue weighted by atomic mass is 14.7. The molecule has 0 aliphatic heterocycles. The molecule has 0 nitrogen and oxygen atoms in total. The molecule has 4 radical (unpaired) electrons. The van der Waals surface area contributed by atoms with Crippen LogP contribution in [0.25, 0.3) is 0 Å². The highest BCUT2D eigenvalue weighted by Crippen LogP contribution is 2.77. The molecule has 0 N–H and O–H groups in total. The van der Waals surface area contributed by atoms with Crippen molar-refractivity contribution in [2.45, 2.75) is 70.9 Å². The van der Waals surface area contributed by atoms with E-state index in [1.165, 1.54) is 38.5 Å². The van der Waals surface area contributed by atoms with E-state index in [1.54, 1.807) is 0 Å². The lowest BCUT2D eigenvalue weighted by molar-refractivity contribution is 0.0374. The number of rotatable bonds is 4. The van der Waals surface area contributed by atoms with E-state index in [1.807, 2.05) is 0 Å². The summed E-state index contributed by atoms with van der Waals surface area (Å²) in [5.41, 5.74) is 0.852. The first kappa shape index (κ1) is 13.1. The maximum atomic E-state index is 6.62. The Morgan fingerprint density at radius 1 is 1.17 bits per heavy atom. The fourth-order valence-electron chi connectivity index (χ4n) is 5.21. The summed E-state index contributed by atoms with van der Waals surface area (Å²) < 4.78 is 0. The van der Waals surface area contributed by atoms with Crippen LogP contribution in [0.1, 0.15) is 65.7 Å². The van der Waals surface area contributed by atoms with Crippen molar-refractivity contribution in [1.29, 1.82) is 0 Å². The van der Waals surface area contributed by atoms with Crippen LogP contribution < -0.4 is 0 Å². The molecule has 2 heteroatoms. The predicted molar refractivity (Wildman–Crippen MR) is 78.9 cm³/mol. The molecule has 18 heavy (non-hydrogen) atoms. The average Bonchev–Trinajstić information content (AvgIpc) is 2.82. The Morgan fingerprint density at radius 2 is 1.89 bits per heavy atom. The SMILES string of the molecule is [B]C([B])(C1CCC23CC2CC3C1)C(C)(C)CCC. The van der Waals surface area contributed by atoms with Gasteiger partial charge in [-0.3, -0.25) is 0 Å². The smallest absolute Gasteiger partial charge is 0.0631 e. The van der Waals surface area contributed by atoms with Crippen molar-refractivity contribution in [3.8, 4) is 0 Å². The molecule has 0 saturated heterocycles. The molecule has 96 valence electrons. The van der Waals surface area contributed by atoms with Crippen molar-refractivity contribution < 1.29 is 0 Å². The Hall–Kier alpha value is 0.130. The first-order chi connectivity index (χ1) is 8.33. The largest absolute Gasteiger partial charge is 0.0913 e. The van der Waals surface area contributed by atoms with Crippen LogP contribution in [-0.2, 0) is 0 Å². The number of hydrogen-bond acceptors (Lipinski definition) is 0. The van der Waals surface area contributed by atoms with Gasteiger partial charge in [-0.15, -0.1) is 0 Å². The summed E-state index contributed by atoms with van der Waals surface area (Å²) in [7, 11) is 13.2. The summed E-state index contributed by atoms with van der Waals surface area (Å²) in [6.07, 6.45) is 9.28. The number of hydrogen-bond donors (Lipinski definition) is 0. The Kier molecular flexibility index (Phi) is 2.79. The highest BCUT2D eigenvalue weighted by molar-refractivity contribution is 6.40. The topological polar surface area (TPSA) is 0 Å². The van der Waals surface area contributed by atoms with Gasteiger partial charge in [0.2, 0.25) is 0 Å². The molecule has 4 atom stereocenters. The molecule has 0 bridgehead atoms. The van der Waals surface area contributed by atoms with E-state index >= 15 is 0 Å². The van der Waals surface area contributed by atoms with Crippen LogP contribution in [0.5, 0.6) is 0 Å². The maximum Gasteiger partial charge on any atom is 0.0631 e. The maximum absolute atomic E-state index is 6.62. The summed E-state index contributed by atoms with van der Waals surface area (Å²) in [5.74, 6) is 2.60. The van der Waals surface area contributed by atoms with Gasteiger partial charge in [-0.2, -0.15) is 0 Å². The standard InChI is InChI=1S/C16H26B2/c1-4-6-14(2,3)16(17,18)11-5-7-15-10-13(15)9-12(15)8-11/h11-13H,4-10H2,1-3H3. The van der Waals surface area contributed by atoms with Crippen LogP contribution in [0.15, 0.2) is 0 Å². The molecule has 3 aliphatic carbocycles. The summed E-state index contributed by atoms with van der Waals surface area (Å²) in [6, 6.07) is 0. The van der Waals surface area contributed by atoms with Gasteiger partial charge in [0.25, 0.3) is 0 Å². The van der Waals surface area contributed by atoms with Gasteiger partial charge in [0, 0.05) is 0 Å². The molecule has 0 amide bonds. The van der Waals surface area contributed by atoms with Crippen LogP contribution in [0.2, 0.25) is 5.21 Å². The van der Waals surface area contributed by atoms with Gasteiger partial charge >= 0.3 is 0 Å². The Morgan fingerprint density at radius 3 is 2.39 bits per heavy atom. The zero-order valence-corrected chi connectivity index (χ0v) is 12.3. The van der Waals surface area contributed by atoms with Gasteiger partial charge in [0.05, 0.1) is 15.7 Å². The second-order valence-electron chi connectivity index (χ2n) is 8.11. The molecule has 4 unspecified atom stereocenters. The summed E-state index contributed by atoms with van der Waals surface area (Å²) in [5, 5.41) is -0.482. The van der Waals surface area contributed by atoms with Gasteiger partial charge in [0.1, 0.15) is 0 Å². The van der Waals surface area contributed by atoms with Crippen molar-refractivity contribution in [3.05, 3.63) is 0 Å². The minimum atomic E-state index is -0.482. The van der Waals surface area contributed by atoms with Gasteiger partial charge in [-0.05, 0) is 54.8 Å². The highest BCUT2D eigenvalue weighted by Gasteiger charge is 2.68. The fourth-order valence-corrected chi connectivity index (χ4v) is 5.21. The van der Waals surface area contributed by atoms with Crippen LogP contribution in [0.4, 0.5) is 0 Å². The van der Waals surface area contributed by atoms with Crippen LogP contribution in [0, 0.1) is 28.6 Å². The molecular weight excluding hydrogens is 214 g/mol. The third-order valence-corrected chi connectivity index (χ3v) is 6.91. The third kappa shape index (κ3) is 1.59. The molecule has 3 saturated carbocycles. The van der Waals surface area contributed by atoms with E-state index in [-0.39, 0.29) is 5.41 Å². The minimum Gasteiger partial charge on any atom is -0.0913 e. The van der Waals surface area contributed by atoms with E-state index in [2.05, 4.69) is 20.8 Å². The predicted octanol–water partition coefficient (Wildman–Crippen LogP) is 4.09. The van der Waals surface area contributed by atoms with Gasteiger partial charge in [0.15, 0.2) is 0 Å². The molecule has 0 heterocycles. The second kappa shape index (κ2) is 3.83. The first-order valence-electron chi connectivity index (χ1n) is 7.91. The molecule has 0 aromatic carbocycles. The molecular formula is C16H26B2.